The molecule has 4 N–H and O–H groups in total. The fourth-order valence-corrected chi connectivity index (χ4v) is 2.78. The Hall–Kier alpha value is -2.97. The van der Waals surface area contributed by atoms with E-state index in [2.05, 4.69) is 30.6 Å². The molecule has 1 aromatic carbocycles. The van der Waals surface area contributed by atoms with E-state index < -0.39 is 0 Å². The molecular formula is C18H17Cl2N7O. The number of rotatable bonds is 8. The van der Waals surface area contributed by atoms with E-state index in [0.29, 0.717) is 29.6 Å². The van der Waals surface area contributed by atoms with Crippen molar-refractivity contribution in [2.75, 3.05) is 17.2 Å². The number of nitrogens with zero attached hydrogens (tertiary/aromatic N) is 3. The van der Waals surface area contributed by atoms with Crippen LogP contribution in [0.25, 0.3) is 0 Å². The molecule has 3 rings (SSSR count). The topological polar surface area (TPSA) is 119 Å². The zero-order valence-corrected chi connectivity index (χ0v) is 16.2. The summed E-state index contributed by atoms with van der Waals surface area (Å²) in [5.74, 6) is 0.258. The first-order chi connectivity index (χ1) is 13.6. The number of benzene rings is 1. The number of nitrogens with one attached hydrogen (secondary N) is 4. The molecule has 0 radical (unpaired) electrons. The zero-order chi connectivity index (χ0) is 19.9. The van der Waals surface area contributed by atoms with Gasteiger partial charge in [0, 0.05) is 44.3 Å². The minimum Gasteiger partial charge on any atom is -0.378 e. The lowest BCUT2D eigenvalue weighted by molar-refractivity contribution is 0.932. The molecule has 0 spiro atoms. The van der Waals surface area contributed by atoms with Gasteiger partial charge in [-0.05, 0) is 17.7 Å². The normalized spacial score (nSPS) is 10.5. The second-order valence-corrected chi connectivity index (χ2v) is 6.61. The minimum atomic E-state index is -0.371. The van der Waals surface area contributed by atoms with Gasteiger partial charge in [0.2, 0.25) is 5.95 Å². The highest BCUT2D eigenvalue weighted by Crippen LogP contribution is 2.22. The van der Waals surface area contributed by atoms with Crippen LogP contribution >= 0.6 is 23.2 Å². The highest BCUT2D eigenvalue weighted by molar-refractivity contribution is 6.42. The molecule has 3 aromatic rings. The molecule has 0 saturated heterocycles. The van der Waals surface area contributed by atoms with E-state index in [0.717, 1.165) is 17.5 Å². The van der Waals surface area contributed by atoms with Crippen molar-refractivity contribution in [3.63, 3.8) is 0 Å². The Balaban J connectivity index is 1.67. The van der Waals surface area contributed by atoms with Crippen molar-refractivity contribution in [2.24, 2.45) is 0 Å². The van der Waals surface area contributed by atoms with Gasteiger partial charge in [-0.25, -0.2) is 4.98 Å². The monoisotopic (exact) mass is 417 g/mol. The van der Waals surface area contributed by atoms with E-state index in [1.807, 2.05) is 6.07 Å². The largest absolute Gasteiger partial charge is 0.378 e. The molecule has 0 unspecified atom stereocenters. The summed E-state index contributed by atoms with van der Waals surface area (Å²) >= 11 is 11.9. The quantitative estimate of drug-likeness (QED) is 0.418. The Labute approximate surface area is 170 Å². The standard InChI is InChI=1S/C18H17Cl2N7O/c19-13-2-1-11(7-14(13)20)9-25-18-26-15(8-21)16(17(28)27-18)24-4-3-12-10-22-5-6-23-12/h1-2,5-8,10,21,24H,3-4,9H2,(H2,25,26,27,28). The first-order valence-corrected chi connectivity index (χ1v) is 9.14. The number of aromatic nitrogens is 4. The van der Waals surface area contributed by atoms with Crippen LogP contribution in [0.2, 0.25) is 10.0 Å². The minimum absolute atomic E-state index is 0.235. The maximum absolute atomic E-state index is 12.4. The summed E-state index contributed by atoms with van der Waals surface area (Å²) in [7, 11) is 0. The fraction of sp³-hybridized carbons (Fsp3) is 0.167. The van der Waals surface area contributed by atoms with E-state index in [-0.39, 0.29) is 22.9 Å². The van der Waals surface area contributed by atoms with E-state index in [1.54, 1.807) is 30.7 Å². The van der Waals surface area contributed by atoms with Crippen molar-refractivity contribution >= 4 is 41.1 Å². The predicted molar refractivity (Wildman–Crippen MR) is 111 cm³/mol. The summed E-state index contributed by atoms with van der Waals surface area (Å²) in [6.45, 7) is 0.844. The first kappa shape index (κ1) is 19.8. The smallest absolute Gasteiger partial charge is 0.276 e. The summed E-state index contributed by atoms with van der Waals surface area (Å²) in [5, 5.41) is 14.5. The van der Waals surface area contributed by atoms with Crippen LogP contribution in [0.5, 0.6) is 0 Å². The molecule has 144 valence electrons. The number of anilines is 2. The number of halogens is 2. The van der Waals surface area contributed by atoms with Crippen molar-refractivity contribution in [1.29, 1.82) is 5.41 Å². The summed E-state index contributed by atoms with van der Waals surface area (Å²) in [6, 6.07) is 5.25. The van der Waals surface area contributed by atoms with Gasteiger partial charge < -0.3 is 16.0 Å². The Morgan fingerprint density at radius 3 is 2.75 bits per heavy atom. The van der Waals surface area contributed by atoms with Crippen LogP contribution in [-0.4, -0.2) is 32.7 Å². The van der Waals surface area contributed by atoms with Crippen LogP contribution in [0.3, 0.4) is 0 Å². The van der Waals surface area contributed by atoms with Crippen LogP contribution in [0.4, 0.5) is 11.6 Å². The zero-order valence-electron chi connectivity index (χ0n) is 14.7. The third-order valence-electron chi connectivity index (χ3n) is 3.83. The summed E-state index contributed by atoms with van der Waals surface area (Å²) in [5.41, 5.74) is 1.78. The highest BCUT2D eigenvalue weighted by Gasteiger charge is 2.10. The number of hydrogen-bond acceptors (Lipinski definition) is 7. The van der Waals surface area contributed by atoms with Gasteiger partial charge in [0.25, 0.3) is 5.56 Å². The lowest BCUT2D eigenvalue weighted by Crippen LogP contribution is -2.22. The van der Waals surface area contributed by atoms with Crippen molar-refractivity contribution in [2.45, 2.75) is 13.0 Å². The Bertz CT molecular complexity index is 1020. The number of aromatic amines is 1. The van der Waals surface area contributed by atoms with Crippen molar-refractivity contribution in [3.05, 3.63) is 74.1 Å². The Morgan fingerprint density at radius 2 is 2.04 bits per heavy atom. The van der Waals surface area contributed by atoms with Crippen LogP contribution in [0.15, 0.2) is 41.6 Å². The van der Waals surface area contributed by atoms with Gasteiger partial charge in [-0.15, -0.1) is 0 Å². The second-order valence-electron chi connectivity index (χ2n) is 5.79. The molecule has 10 heteroatoms. The fourth-order valence-electron chi connectivity index (χ4n) is 2.46. The van der Waals surface area contributed by atoms with Crippen LogP contribution in [0.1, 0.15) is 17.0 Å². The molecule has 28 heavy (non-hydrogen) atoms. The molecular weight excluding hydrogens is 401 g/mol. The van der Waals surface area contributed by atoms with Gasteiger partial charge in [0.15, 0.2) is 0 Å². The maximum atomic E-state index is 12.4. The number of H-pyrrole nitrogens is 1. The van der Waals surface area contributed by atoms with Gasteiger partial charge in [-0.2, -0.15) is 0 Å². The molecule has 0 aliphatic heterocycles. The van der Waals surface area contributed by atoms with Gasteiger partial charge in [-0.1, -0.05) is 29.3 Å². The molecule has 2 heterocycles. The molecule has 0 atom stereocenters. The van der Waals surface area contributed by atoms with E-state index in [1.165, 1.54) is 0 Å². The summed E-state index contributed by atoms with van der Waals surface area (Å²) < 4.78 is 0. The van der Waals surface area contributed by atoms with E-state index in [4.69, 9.17) is 28.6 Å². The van der Waals surface area contributed by atoms with Gasteiger partial charge in [-0.3, -0.25) is 19.7 Å². The van der Waals surface area contributed by atoms with Gasteiger partial charge in [0.05, 0.1) is 15.7 Å². The first-order valence-electron chi connectivity index (χ1n) is 8.38. The van der Waals surface area contributed by atoms with Crippen LogP contribution in [0, 0.1) is 5.41 Å². The molecule has 0 bridgehead atoms. The SMILES string of the molecule is N=Cc1nc(NCc2ccc(Cl)c(Cl)c2)[nH]c(=O)c1NCCc1cnccn1. The van der Waals surface area contributed by atoms with E-state index >= 15 is 0 Å². The molecule has 0 saturated carbocycles. The highest BCUT2D eigenvalue weighted by atomic mass is 35.5. The average Bonchev–Trinajstić information content (AvgIpc) is 2.70. The average molecular weight is 418 g/mol. The molecule has 0 fully saturated rings. The Morgan fingerprint density at radius 1 is 1.18 bits per heavy atom. The van der Waals surface area contributed by atoms with Crippen molar-refractivity contribution < 1.29 is 0 Å². The molecule has 0 aliphatic rings. The Kier molecular flexibility index (Phi) is 6.57. The molecule has 0 amide bonds. The lowest BCUT2D eigenvalue weighted by Gasteiger charge is -2.11. The van der Waals surface area contributed by atoms with Gasteiger partial charge >= 0.3 is 0 Å². The molecule has 0 aliphatic carbocycles. The van der Waals surface area contributed by atoms with E-state index in [9.17, 15) is 4.79 Å². The maximum Gasteiger partial charge on any atom is 0.276 e. The molecule has 8 nitrogen and oxygen atoms in total. The third-order valence-corrected chi connectivity index (χ3v) is 4.57. The van der Waals surface area contributed by atoms with Crippen molar-refractivity contribution in [3.8, 4) is 0 Å². The van der Waals surface area contributed by atoms with Crippen LogP contribution < -0.4 is 16.2 Å². The van der Waals surface area contributed by atoms with Crippen LogP contribution in [-0.2, 0) is 13.0 Å². The van der Waals surface area contributed by atoms with Gasteiger partial charge in [0.1, 0.15) is 11.4 Å². The third kappa shape index (κ3) is 5.05. The molecule has 2 aromatic heterocycles. The second kappa shape index (κ2) is 9.29. The number of hydrogen-bond donors (Lipinski definition) is 4. The summed E-state index contributed by atoms with van der Waals surface area (Å²) in [4.78, 5) is 27.5. The van der Waals surface area contributed by atoms with Crippen molar-refractivity contribution in [1.82, 2.24) is 19.9 Å². The lowest BCUT2D eigenvalue weighted by atomic mass is 10.2. The predicted octanol–water partition coefficient (Wildman–Crippen LogP) is 3.13. The summed E-state index contributed by atoms with van der Waals surface area (Å²) in [6.07, 6.45) is 6.49.